The third-order valence-corrected chi connectivity index (χ3v) is 3.02. The molecule has 5 heteroatoms. The molecule has 0 atom stereocenters. The number of halogens is 1. The van der Waals surface area contributed by atoms with Gasteiger partial charge in [-0.25, -0.2) is 4.98 Å². The predicted octanol–water partition coefficient (Wildman–Crippen LogP) is 2.53. The summed E-state index contributed by atoms with van der Waals surface area (Å²) >= 11 is 5.86. The van der Waals surface area contributed by atoms with Gasteiger partial charge in [-0.1, -0.05) is 25.4 Å². The molecule has 0 unspecified atom stereocenters. The van der Waals surface area contributed by atoms with Crippen LogP contribution in [0, 0.1) is 5.41 Å². The Morgan fingerprint density at radius 2 is 2.28 bits per heavy atom. The molecule has 100 valence electrons. The maximum Gasteiger partial charge on any atom is 0.254 e. The smallest absolute Gasteiger partial charge is 0.254 e. The number of nitrogens with zero attached hydrogens (tertiary/aromatic N) is 1. The predicted molar refractivity (Wildman–Crippen MR) is 71.9 cm³/mol. The number of ether oxygens (including phenoxy) is 1. The summed E-state index contributed by atoms with van der Waals surface area (Å²) in [5.74, 6) is -0.196. The standard InChI is InChI=1S/C13H19ClN2O2/c1-13(2,6-8-18-3)9-16-12(17)10-5-4-7-15-11(10)14/h4-5,7H,6,8-9H2,1-3H3,(H,16,17). The number of carbonyl (C=O) groups is 1. The summed E-state index contributed by atoms with van der Waals surface area (Å²) in [5.41, 5.74) is 0.391. The SMILES string of the molecule is COCCC(C)(C)CNC(=O)c1cccnc1Cl. The zero-order valence-corrected chi connectivity index (χ0v) is 11.8. The van der Waals surface area contributed by atoms with Crippen LogP contribution in [0.15, 0.2) is 18.3 Å². The van der Waals surface area contributed by atoms with E-state index in [1.165, 1.54) is 0 Å². The second kappa shape index (κ2) is 6.71. The Bertz CT molecular complexity index is 408. The van der Waals surface area contributed by atoms with Gasteiger partial charge in [-0.3, -0.25) is 4.79 Å². The minimum atomic E-state index is -0.196. The number of nitrogens with one attached hydrogen (secondary N) is 1. The van der Waals surface area contributed by atoms with Crippen LogP contribution in [0.4, 0.5) is 0 Å². The van der Waals surface area contributed by atoms with Crippen LogP contribution in [0.2, 0.25) is 5.15 Å². The van der Waals surface area contributed by atoms with Crippen molar-refractivity contribution in [2.24, 2.45) is 5.41 Å². The molecule has 4 nitrogen and oxygen atoms in total. The summed E-state index contributed by atoms with van der Waals surface area (Å²) in [6.45, 7) is 5.41. The molecule has 1 amide bonds. The van der Waals surface area contributed by atoms with Crippen LogP contribution in [0.1, 0.15) is 30.6 Å². The van der Waals surface area contributed by atoms with Gasteiger partial charge in [0.05, 0.1) is 5.56 Å². The topological polar surface area (TPSA) is 51.2 Å². The average Bonchev–Trinajstić information content (AvgIpc) is 2.34. The lowest BCUT2D eigenvalue weighted by Gasteiger charge is -2.24. The third kappa shape index (κ3) is 4.63. The molecule has 1 N–H and O–H groups in total. The molecule has 1 heterocycles. The third-order valence-electron chi connectivity index (χ3n) is 2.71. The molecule has 0 saturated carbocycles. The van der Waals surface area contributed by atoms with Gasteiger partial charge in [-0.2, -0.15) is 0 Å². The van der Waals surface area contributed by atoms with Crippen LogP contribution >= 0.6 is 11.6 Å². The lowest BCUT2D eigenvalue weighted by Crippen LogP contribution is -2.34. The van der Waals surface area contributed by atoms with Crippen molar-refractivity contribution in [3.8, 4) is 0 Å². The normalized spacial score (nSPS) is 11.3. The summed E-state index contributed by atoms with van der Waals surface area (Å²) < 4.78 is 5.04. The van der Waals surface area contributed by atoms with E-state index < -0.39 is 0 Å². The van der Waals surface area contributed by atoms with Gasteiger partial charge in [-0.15, -0.1) is 0 Å². The Kier molecular flexibility index (Phi) is 5.56. The Morgan fingerprint density at radius 3 is 2.89 bits per heavy atom. The largest absolute Gasteiger partial charge is 0.385 e. The highest BCUT2D eigenvalue weighted by Gasteiger charge is 2.19. The van der Waals surface area contributed by atoms with Gasteiger partial charge >= 0.3 is 0 Å². The zero-order chi connectivity index (χ0) is 13.6. The van der Waals surface area contributed by atoms with Gasteiger partial charge in [0.1, 0.15) is 5.15 Å². The van der Waals surface area contributed by atoms with E-state index >= 15 is 0 Å². The van der Waals surface area contributed by atoms with Gasteiger partial charge in [0.15, 0.2) is 0 Å². The highest BCUT2D eigenvalue weighted by atomic mass is 35.5. The van der Waals surface area contributed by atoms with E-state index in [0.717, 1.165) is 6.42 Å². The van der Waals surface area contributed by atoms with Crippen molar-refractivity contribution in [2.75, 3.05) is 20.3 Å². The van der Waals surface area contributed by atoms with Crippen LogP contribution in [0.3, 0.4) is 0 Å². The first-order valence-electron chi connectivity index (χ1n) is 5.84. The molecule has 0 aliphatic carbocycles. The highest BCUT2D eigenvalue weighted by Crippen LogP contribution is 2.19. The minimum absolute atomic E-state index is 0.0135. The zero-order valence-electron chi connectivity index (χ0n) is 11.0. The molecular formula is C13H19ClN2O2. The summed E-state index contributed by atoms with van der Waals surface area (Å²) in [6, 6.07) is 3.35. The van der Waals surface area contributed by atoms with Crippen molar-refractivity contribution in [1.82, 2.24) is 10.3 Å². The Morgan fingerprint density at radius 1 is 1.56 bits per heavy atom. The number of carbonyl (C=O) groups excluding carboxylic acids is 1. The summed E-state index contributed by atoms with van der Waals surface area (Å²) in [5, 5.41) is 3.10. The van der Waals surface area contributed by atoms with Crippen LogP contribution in [0.5, 0.6) is 0 Å². The molecular weight excluding hydrogens is 252 g/mol. The van der Waals surface area contributed by atoms with E-state index in [1.54, 1.807) is 25.4 Å². The monoisotopic (exact) mass is 270 g/mol. The first-order chi connectivity index (χ1) is 8.46. The number of aromatic nitrogens is 1. The molecule has 0 aliphatic rings. The lowest BCUT2D eigenvalue weighted by atomic mass is 9.89. The van der Waals surface area contributed by atoms with E-state index in [0.29, 0.717) is 18.7 Å². The van der Waals surface area contributed by atoms with E-state index in [2.05, 4.69) is 24.1 Å². The molecule has 0 saturated heterocycles. The number of hydrogen-bond donors (Lipinski definition) is 1. The second-order valence-corrected chi connectivity index (χ2v) is 5.29. The number of amides is 1. The first-order valence-corrected chi connectivity index (χ1v) is 6.22. The van der Waals surface area contributed by atoms with Gasteiger partial charge in [0.2, 0.25) is 0 Å². The molecule has 0 aromatic carbocycles. The van der Waals surface area contributed by atoms with Gasteiger partial charge in [-0.05, 0) is 24.0 Å². The van der Waals surface area contributed by atoms with Crippen molar-refractivity contribution >= 4 is 17.5 Å². The quantitative estimate of drug-likeness (QED) is 0.808. The maximum atomic E-state index is 11.9. The van der Waals surface area contributed by atoms with Crippen LogP contribution in [-0.2, 0) is 4.74 Å². The summed E-state index contributed by atoms with van der Waals surface area (Å²) in [4.78, 5) is 15.8. The molecule has 0 aliphatic heterocycles. The molecule has 0 radical (unpaired) electrons. The van der Waals surface area contributed by atoms with E-state index in [9.17, 15) is 4.79 Å². The molecule has 1 aromatic heterocycles. The molecule has 1 aromatic rings. The molecule has 0 bridgehead atoms. The fraction of sp³-hybridized carbons (Fsp3) is 0.538. The van der Waals surface area contributed by atoms with Crippen molar-refractivity contribution in [3.63, 3.8) is 0 Å². The van der Waals surface area contributed by atoms with E-state index in [4.69, 9.17) is 16.3 Å². The van der Waals surface area contributed by atoms with Gasteiger partial charge < -0.3 is 10.1 Å². The first kappa shape index (κ1) is 14.9. The highest BCUT2D eigenvalue weighted by molar-refractivity contribution is 6.32. The van der Waals surface area contributed by atoms with Crippen LogP contribution in [-0.4, -0.2) is 31.2 Å². The van der Waals surface area contributed by atoms with Crippen molar-refractivity contribution < 1.29 is 9.53 Å². The Hall–Kier alpha value is -1.13. The fourth-order valence-electron chi connectivity index (χ4n) is 1.44. The second-order valence-electron chi connectivity index (χ2n) is 4.93. The minimum Gasteiger partial charge on any atom is -0.385 e. The number of hydrogen-bond acceptors (Lipinski definition) is 3. The van der Waals surface area contributed by atoms with E-state index in [1.807, 2.05) is 0 Å². The van der Waals surface area contributed by atoms with Crippen LogP contribution < -0.4 is 5.32 Å². The number of pyridine rings is 1. The van der Waals surface area contributed by atoms with Crippen molar-refractivity contribution in [2.45, 2.75) is 20.3 Å². The van der Waals surface area contributed by atoms with Gasteiger partial charge in [0.25, 0.3) is 5.91 Å². The Labute approximate surface area is 113 Å². The molecule has 0 spiro atoms. The molecule has 18 heavy (non-hydrogen) atoms. The van der Waals surface area contributed by atoms with E-state index in [-0.39, 0.29) is 16.5 Å². The molecule has 1 rings (SSSR count). The Balaban J connectivity index is 2.54. The number of rotatable bonds is 6. The number of methoxy groups -OCH3 is 1. The fourth-order valence-corrected chi connectivity index (χ4v) is 1.64. The molecule has 0 fully saturated rings. The van der Waals surface area contributed by atoms with Crippen LogP contribution in [0.25, 0.3) is 0 Å². The maximum absolute atomic E-state index is 11.9. The van der Waals surface area contributed by atoms with Crippen molar-refractivity contribution in [1.29, 1.82) is 0 Å². The summed E-state index contributed by atoms with van der Waals surface area (Å²) in [7, 11) is 1.67. The lowest BCUT2D eigenvalue weighted by molar-refractivity contribution is 0.0920. The average molecular weight is 271 g/mol. The van der Waals surface area contributed by atoms with Gasteiger partial charge in [0, 0.05) is 26.5 Å². The summed E-state index contributed by atoms with van der Waals surface area (Å²) in [6.07, 6.45) is 2.44. The van der Waals surface area contributed by atoms with Crippen molar-refractivity contribution in [3.05, 3.63) is 29.0 Å².